The Morgan fingerprint density at radius 2 is 0.857 bits per heavy atom. The molecule has 1 aromatic heterocycles. The van der Waals surface area contributed by atoms with Crippen LogP contribution in [0.25, 0.3) is 82.1 Å². The van der Waals surface area contributed by atoms with E-state index in [9.17, 15) is 0 Å². The minimum atomic E-state index is 1.10. The van der Waals surface area contributed by atoms with E-state index >= 15 is 0 Å². The highest BCUT2D eigenvalue weighted by atomic mass is 15.1. The van der Waals surface area contributed by atoms with Crippen LogP contribution in [-0.4, -0.2) is 4.57 Å². The standard InChI is InChI=1S/C54H36N2/c1-2-12-37(13-3-1)40-17-10-19-46(32-40)55(48-30-31-50-44(34-48)25-24-39-14-6-7-21-49(39)50)45-28-26-38(27-29-45)41-18-11-20-47(33-41)56-53-23-9-8-22-51(53)52-35-42-15-4-5-16-43(42)36-54(52)56/h1-36H. The van der Waals surface area contributed by atoms with Crippen LogP contribution in [0.1, 0.15) is 0 Å². The van der Waals surface area contributed by atoms with Crippen molar-refractivity contribution in [3.63, 3.8) is 0 Å². The predicted octanol–water partition coefficient (Wildman–Crippen LogP) is 15.0. The normalized spacial score (nSPS) is 11.6. The summed E-state index contributed by atoms with van der Waals surface area (Å²) in [7, 11) is 0. The van der Waals surface area contributed by atoms with Gasteiger partial charge in [-0.15, -0.1) is 0 Å². The Morgan fingerprint density at radius 1 is 0.268 bits per heavy atom. The molecule has 11 aromatic rings. The Bertz CT molecular complexity index is 3250. The minimum absolute atomic E-state index is 1.10. The van der Waals surface area contributed by atoms with Gasteiger partial charge in [0.1, 0.15) is 0 Å². The molecular weight excluding hydrogens is 677 g/mol. The van der Waals surface area contributed by atoms with E-state index in [4.69, 9.17) is 0 Å². The SMILES string of the molecule is c1ccc(-c2cccc(N(c3ccc(-c4cccc(-n5c6ccccc6c6cc7ccccc7cc65)c4)cc3)c3ccc4c(ccc5ccccc54)c3)c2)cc1. The first kappa shape index (κ1) is 32.0. The molecule has 0 saturated heterocycles. The number of hydrogen-bond donors (Lipinski definition) is 0. The van der Waals surface area contributed by atoms with Crippen LogP contribution < -0.4 is 4.90 Å². The molecule has 11 rings (SSSR count). The van der Waals surface area contributed by atoms with Crippen LogP contribution in [0.4, 0.5) is 17.1 Å². The Hall–Kier alpha value is -7.42. The van der Waals surface area contributed by atoms with E-state index in [2.05, 4.69) is 228 Å². The summed E-state index contributed by atoms with van der Waals surface area (Å²) >= 11 is 0. The summed E-state index contributed by atoms with van der Waals surface area (Å²) in [5.41, 5.74) is 11.6. The number of fused-ring (bicyclic) bond motifs is 7. The van der Waals surface area contributed by atoms with Gasteiger partial charge in [-0.3, -0.25) is 0 Å². The van der Waals surface area contributed by atoms with Crippen molar-refractivity contribution >= 4 is 71.2 Å². The molecule has 0 amide bonds. The van der Waals surface area contributed by atoms with Crippen LogP contribution >= 0.6 is 0 Å². The van der Waals surface area contributed by atoms with Crippen LogP contribution in [-0.2, 0) is 0 Å². The second-order valence-corrected chi connectivity index (χ2v) is 14.6. The lowest BCUT2D eigenvalue weighted by atomic mass is 10.00. The largest absolute Gasteiger partial charge is 0.310 e. The maximum absolute atomic E-state index is 2.42. The highest BCUT2D eigenvalue weighted by molar-refractivity contribution is 6.14. The molecule has 262 valence electrons. The molecule has 0 aliphatic heterocycles. The van der Waals surface area contributed by atoms with Gasteiger partial charge in [0.05, 0.1) is 11.0 Å². The summed E-state index contributed by atoms with van der Waals surface area (Å²) in [6, 6.07) is 79.5. The molecule has 0 N–H and O–H groups in total. The Balaban J connectivity index is 1.02. The fourth-order valence-corrected chi connectivity index (χ4v) is 8.60. The third-order valence-electron chi connectivity index (χ3n) is 11.3. The van der Waals surface area contributed by atoms with Gasteiger partial charge < -0.3 is 9.47 Å². The first-order valence-corrected chi connectivity index (χ1v) is 19.3. The van der Waals surface area contributed by atoms with Gasteiger partial charge in [0.2, 0.25) is 0 Å². The summed E-state index contributed by atoms with van der Waals surface area (Å²) in [6.07, 6.45) is 0. The molecule has 2 nitrogen and oxygen atoms in total. The summed E-state index contributed by atoms with van der Waals surface area (Å²) in [6.45, 7) is 0. The van der Waals surface area contributed by atoms with E-state index in [0.29, 0.717) is 0 Å². The van der Waals surface area contributed by atoms with Crippen LogP contribution in [0, 0.1) is 0 Å². The van der Waals surface area contributed by atoms with Gasteiger partial charge >= 0.3 is 0 Å². The molecule has 0 atom stereocenters. The summed E-state index contributed by atoms with van der Waals surface area (Å²) < 4.78 is 2.42. The molecule has 1 heterocycles. The van der Waals surface area contributed by atoms with Gasteiger partial charge in [0.15, 0.2) is 0 Å². The van der Waals surface area contributed by atoms with Crippen LogP contribution in [0.15, 0.2) is 218 Å². The number of nitrogens with zero attached hydrogens (tertiary/aromatic N) is 2. The molecule has 0 aliphatic rings. The second kappa shape index (κ2) is 13.2. The fourth-order valence-electron chi connectivity index (χ4n) is 8.60. The molecular formula is C54H36N2. The first-order chi connectivity index (χ1) is 27.7. The smallest absolute Gasteiger partial charge is 0.0547 e. The molecule has 0 unspecified atom stereocenters. The summed E-state index contributed by atoms with van der Waals surface area (Å²) in [5.74, 6) is 0. The average molecular weight is 713 g/mol. The number of anilines is 3. The molecule has 0 spiro atoms. The van der Waals surface area contributed by atoms with Gasteiger partial charge in [0.25, 0.3) is 0 Å². The topological polar surface area (TPSA) is 8.17 Å². The van der Waals surface area contributed by atoms with Crippen LogP contribution in [0.5, 0.6) is 0 Å². The molecule has 2 heteroatoms. The van der Waals surface area contributed by atoms with E-state index in [1.54, 1.807) is 0 Å². The first-order valence-electron chi connectivity index (χ1n) is 19.3. The van der Waals surface area contributed by atoms with Crippen molar-refractivity contribution in [3.05, 3.63) is 218 Å². The Labute approximate surface area is 325 Å². The number of benzene rings is 10. The molecule has 0 radical (unpaired) electrons. The van der Waals surface area contributed by atoms with Gasteiger partial charge in [0, 0.05) is 33.5 Å². The Kier molecular flexibility index (Phi) is 7.53. The van der Waals surface area contributed by atoms with Crippen molar-refractivity contribution in [2.75, 3.05) is 4.90 Å². The molecule has 0 aliphatic carbocycles. The third kappa shape index (κ3) is 5.42. The quantitative estimate of drug-likeness (QED) is 0.156. The lowest BCUT2D eigenvalue weighted by Gasteiger charge is -2.27. The number of aromatic nitrogens is 1. The summed E-state index contributed by atoms with van der Waals surface area (Å²) in [5, 5.41) is 10.0. The fraction of sp³-hybridized carbons (Fsp3) is 0. The zero-order valence-corrected chi connectivity index (χ0v) is 30.7. The molecule has 10 aromatic carbocycles. The summed E-state index contributed by atoms with van der Waals surface area (Å²) in [4.78, 5) is 2.38. The average Bonchev–Trinajstić information content (AvgIpc) is 3.59. The number of rotatable bonds is 6. The minimum Gasteiger partial charge on any atom is -0.310 e. The maximum Gasteiger partial charge on any atom is 0.0547 e. The van der Waals surface area contributed by atoms with Crippen LogP contribution in [0.2, 0.25) is 0 Å². The van der Waals surface area contributed by atoms with Crippen molar-refractivity contribution in [1.29, 1.82) is 0 Å². The number of hydrogen-bond acceptors (Lipinski definition) is 1. The maximum atomic E-state index is 2.42. The zero-order chi connectivity index (χ0) is 37.0. The van der Waals surface area contributed by atoms with E-state index in [-0.39, 0.29) is 0 Å². The highest BCUT2D eigenvalue weighted by Gasteiger charge is 2.17. The van der Waals surface area contributed by atoms with E-state index in [1.807, 2.05) is 0 Å². The predicted molar refractivity (Wildman–Crippen MR) is 239 cm³/mol. The molecule has 0 fully saturated rings. The van der Waals surface area contributed by atoms with E-state index < -0.39 is 0 Å². The zero-order valence-electron chi connectivity index (χ0n) is 30.7. The second-order valence-electron chi connectivity index (χ2n) is 14.6. The number of para-hydroxylation sites is 1. The molecule has 0 bridgehead atoms. The van der Waals surface area contributed by atoms with Gasteiger partial charge in [-0.1, -0.05) is 152 Å². The van der Waals surface area contributed by atoms with Crippen molar-refractivity contribution in [1.82, 2.24) is 4.57 Å². The van der Waals surface area contributed by atoms with Crippen molar-refractivity contribution < 1.29 is 0 Å². The van der Waals surface area contributed by atoms with E-state index in [1.165, 1.54) is 76.4 Å². The van der Waals surface area contributed by atoms with E-state index in [0.717, 1.165) is 22.7 Å². The molecule has 0 saturated carbocycles. The van der Waals surface area contributed by atoms with Gasteiger partial charge in [-0.2, -0.15) is 0 Å². The van der Waals surface area contributed by atoms with Crippen molar-refractivity contribution in [3.8, 4) is 27.9 Å². The highest BCUT2D eigenvalue weighted by Crippen LogP contribution is 2.40. The van der Waals surface area contributed by atoms with Crippen molar-refractivity contribution in [2.24, 2.45) is 0 Å². The van der Waals surface area contributed by atoms with Gasteiger partial charge in [-0.25, -0.2) is 0 Å². The Morgan fingerprint density at radius 3 is 1.70 bits per heavy atom. The molecule has 56 heavy (non-hydrogen) atoms. The van der Waals surface area contributed by atoms with Crippen molar-refractivity contribution in [2.45, 2.75) is 0 Å². The third-order valence-corrected chi connectivity index (χ3v) is 11.3. The monoisotopic (exact) mass is 712 g/mol. The lowest BCUT2D eigenvalue weighted by molar-refractivity contribution is 1.18. The van der Waals surface area contributed by atoms with Gasteiger partial charge in [-0.05, 0) is 121 Å². The van der Waals surface area contributed by atoms with Crippen LogP contribution in [0.3, 0.4) is 0 Å². The lowest BCUT2D eigenvalue weighted by Crippen LogP contribution is -2.10.